The molecule has 0 unspecified atom stereocenters. The van der Waals surface area contributed by atoms with Crippen molar-refractivity contribution in [3.63, 3.8) is 0 Å². The maximum absolute atomic E-state index is 13.6. The van der Waals surface area contributed by atoms with E-state index in [9.17, 15) is 32.8 Å². The van der Waals surface area contributed by atoms with E-state index in [1.165, 1.54) is 24.3 Å². The number of aromatic hydroxyl groups is 1. The van der Waals surface area contributed by atoms with Gasteiger partial charge in [0, 0.05) is 24.3 Å². The highest BCUT2D eigenvalue weighted by Crippen LogP contribution is 2.31. The van der Waals surface area contributed by atoms with Crippen molar-refractivity contribution in [2.45, 2.75) is 33.2 Å². The van der Waals surface area contributed by atoms with Crippen molar-refractivity contribution in [2.24, 2.45) is 0 Å². The van der Waals surface area contributed by atoms with E-state index in [1.807, 2.05) is 10.6 Å². The molecule has 0 radical (unpaired) electrons. The van der Waals surface area contributed by atoms with Gasteiger partial charge in [-0.3, -0.25) is 0 Å². The van der Waals surface area contributed by atoms with Crippen molar-refractivity contribution in [1.82, 2.24) is 0 Å². The van der Waals surface area contributed by atoms with Crippen LogP contribution >= 0.6 is 0 Å². The van der Waals surface area contributed by atoms with Crippen LogP contribution in [0.3, 0.4) is 0 Å². The van der Waals surface area contributed by atoms with Crippen LogP contribution in [0.25, 0.3) is 21.8 Å². The largest absolute Gasteiger partial charge is 0.748 e. The van der Waals surface area contributed by atoms with Crippen LogP contribution in [0.5, 0.6) is 11.5 Å². The summed E-state index contributed by atoms with van der Waals surface area (Å²) in [5.41, 5.74) is 2.58. The molecule has 4 rings (SSSR count). The van der Waals surface area contributed by atoms with Crippen molar-refractivity contribution < 1.29 is 42.1 Å². The molecule has 0 atom stereocenters. The number of carboxylic acids is 1. The molecule has 0 saturated heterocycles. The van der Waals surface area contributed by atoms with Gasteiger partial charge in [0.05, 0.1) is 32.0 Å². The van der Waals surface area contributed by atoms with E-state index in [0.29, 0.717) is 45.9 Å². The molecule has 0 aliphatic heterocycles. The summed E-state index contributed by atoms with van der Waals surface area (Å²) >= 11 is 0. The molecule has 2 N–H and O–H groups in total. The second-order valence-electron chi connectivity index (χ2n) is 8.85. The van der Waals surface area contributed by atoms with Crippen LogP contribution in [0, 0.1) is 13.8 Å². The number of unbranched alkanes of at least 4 members (excludes halogenated alkanes) is 1. The molecule has 0 amide bonds. The molecule has 4 aromatic rings. The molecule has 0 saturated carbocycles. The molecule has 0 fully saturated rings. The number of esters is 1. The maximum Gasteiger partial charge on any atom is 0.345 e. The van der Waals surface area contributed by atoms with Crippen molar-refractivity contribution in [2.75, 3.05) is 5.75 Å². The number of aromatic carboxylic acids is 1. The summed E-state index contributed by atoms with van der Waals surface area (Å²) in [6.45, 7) is 3.69. The number of para-hydroxylation sites is 1. The third-order valence-electron chi connectivity index (χ3n) is 6.14. The summed E-state index contributed by atoms with van der Waals surface area (Å²) in [6, 6.07) is 14.6. The molecule has 1 aromatic heterocycles. The van der Waals surface area contributed by atoms with Crippen LogP contribution in [0.1, 0.15) is 44.7 Å². The Morgan fingerprint density at radius 3 is 2.24 bits per heavy atom. The number of hydrogen-bond acceptors (Lipinski definition) is 7. The van der Waals surface area contributed by atoms with E-state index < -0.39 is 27.8 Å². The van der Waals surface area contributed by atoms with Gasteiger partial charge >= 0.3 is 11.9 Å². The number of carbonyl (C=O) groups is 2. The first-order valence-corrected chi connectivity index (χ1v) is 13.1. The number of benzene rings is 3. The number of rotatable bonds is 8. The fourth-order valence-corrected chi connectivity index (χ4v) is 5.10. The van der Waals surface area contributed by atoms with Gasteiger partial charge in [0.2, 0.25) is 11.0 Å². The van der Waals surface area contributed by atoms with E-state index in [4.69, 9.17) is 4.74 Å². The van der Waals surface area contributed by atoms with E-state index >= 15 is 0 Å². The zero-order chi connectivity index (χ0) is 26.9. The number of nitrogens with zero attached hydrogens (tertiary/aromatic N) is 1. The Bertz CT molecular complexity index is 1640. The summed E-state index contributed by atoms with van der Waals surface area (Å²) in [6.07, 6.45) is 0.589. The average molecular weight is 524 g/mol. The van der Waals surface area contributed by atoms with Crippen LogP contribution in [0.4, 0.5) is 0 Å². The summed E-state index contributed by atoms with van der Waals surface area (Å²) in [5.74, 6) is -2.03. The highest BCUT2D eigenvalue weighted by atomic mass is 32.2. The van der Waals surface area contributed by atoms with Crippen molar-refractivity contribution in [1.29, 1.82) is 0 Å². The predicted molar refractivity (Wildman–Crippen MR) is 135 cm³/mol. The van der Waals surface area contributed by atoms with Crippen LogP contribution in [-0.4, -0.2) is 40.9 Å². The third kappa shape index (κ3) is 5.55. The third-order valence-corrected chi connectivity index (χ3v) is 6.93. The van der Waals surface area contributed by atoms with E-state index in [0.717, 1.165) is 0 Å². The number of aromatic nitrogens is 1. The monoisotopic (exact) mass is 523 g/mol. The molecular weight excluding hydrogens is 498 g/mol. The maximum atomic E-state index is 13.6. The summed E-state index contributed by atoms with van der Waals surface area (Å²) < 4.78 is 40.7. The van der Waals surface area contributed by atoms with Crippen LogP contribution in [-0.2, 0) is 16.7 Å². The Morgan fingerprint density at radius 1 is 0.946 bits per heavy atom. The van der Waals surface area contributed by atoms with Crippen LogP contribution < -0.4 is 9.30 Å². The second-order valence-corrected chi connectivity index (χ2v) is 10.4. The average Bonchev–Trinajstić information content (AvgIpc) is 2.82. The first kappa shape index (κ1) is 26.1. The van der Waals surface area contributed by atoms with Gasteiger partial charge in [0.1, 0.15) is 18.0 Å². The van der Waals surface area contributed by atoms with Crippen molar-refractivity contribution >= 4 is 43.9 Å². The summed E-state index contributed by atoms with van der Waals surface area (Å²) in [4.78, 5) is 25.0. The fourth-order valence-electron chi connectivity index (χ4n) is 4.54. The molecule has 0 bridgehead atoms. The number of fused-ring (bicyclic) bond motifs is 2. The number of ether oxygens (including phenoxy) is 1. The lowest BCUT2D eigenvalue weighted by atomic mass is 10.0. The van der Waals surface area contributed by atoms with E-state index in [-0.39, 0.29) is 29.0 Å². The van der Waals surface area contributed by atoms with Gasteiger partial charge in [-0.25, -0.2) is 18.0 Å². The number of phenols is 1. The van der Waals surface area contributed by atoms with Gasteiger partial charge in [-0.05, 0) is 61.7 Å². The smallest absolute Gasteiger partial charge is 0.345 e. The second kappa shape index (κ2) is 10.2. The summed E-state index contributed by atoms with van der Waals surface area (Å²) in [5, 5.41) is 20.5. The normalized spacial score (nSPS) is 11.6. The van der Waals surface area contributed by atoms with E-state index in [2.05, 4.69) is 0 Å². The Labute approximate surface area is 213 Å². The summed E-state index contributed by atoms with van der Waals surface area (Å²) in [7, 11) is -4.32. The fraction of sp³-hybridized carbons (Fsp3) is 0.222. The number of hydrogen-bond donors (Lipinski definition) is 2. The van der Waals surface area contributed by atoms with Crippen molar-refractivity contribution in [3.05, 3.63) is 76.9 Å². The molecule has 37 heavy (non-hydrogen) atoms. The first-order chi connectivity index (χ1) is 17.5. The quantitative estimate of drug-likeness (QED) is 0.0885. The highest BCUT2D eigenvalue weighted by Gasteiger charge is 2.26. The zero-order valence-electron chi connectivity index (χ0n) is 20.2. The number of pyridine rings is 1. The predicted octanol–water partition coefficient (Wildman–Crippen LogP) is 3.85. The minimum absolute atomic E-state index is 0.0565. The molecule has 0 aliphatic carbocycles. The number of phenolic OH excluding ortho intramolecular Hbond substituents is 1. The van der Waals surface area contributed by atoms with Gasteiger partial charge in [0.25, 0.3) is 0 Å². The Hall–Kier alpha value is -4.02. The van der Waals surface area contributed by atoms with Crippen LogP contribution in [0.2, 0.25) is 0 Å². The number of carbonyl (C=O) groups excluding carboxylic acids is 1. The van der Waals surface area contributed by atoms with Crippen molar-refractivity contribution in [3.8, 4) is 11.5 Å². The molecule has 10 heteroatoms. The first-order valence-electron chi connectivity index (χ1n) is 11.5. The zero-order valence-corrected chi connectivity index (χ0v) is 21.0. The molecule has 192 valence electrons. The Kier molecular flexibility index (Phi) is 7.15. The van der Waals surface area contributed by atoms with Gasteiger partial charge < -0.3 is 19.5 Å². The molecule has 0 spiro atoms. The standard InChI is InChI=1S/C27H25NO8S/c1-16-13-18(26(30)31)14-17(2)25(16)36-27(32)24-20-7-3-4-8-22(20)28(11-5-6-12-37(33,34)35)23-10-9-19(29)15-21(23)24/h3-4,7-10,13-15H,5-6,11-12H2,1-2H3,(H2-,29,30,31,32,33,34,35). The number of carboxylic acid groups (broad SMARTS) is 1. The lowest BCUT2D eigenvalue weighted by Crippen LogP contribution is -2.37. The van der Waals surface area contributed by atoms with Crippen LogP contribution in [0.15, 0.2) is 54.6 Å². The minimum atomic E-state index is -4.32. The lowest BCUT2D eigenvalue weighted by molar-refractivity contribution is -0.645. The van der Waals surface area contributed by atoms with Gasteiger partial charge in [-0.2, -0.15) is 4.57 Å². The Balaban J connectivity index is 1.83. The topological polar surface area (TPSA) is 145 Å². The van der Waals surface area contributed by atoms with Gasteiger partial charge in [-0.15, -0.1) is 0 Å². The number of aryl methyl sites for hydroxylation is 3. The molecule has 9 nitrogen and oxygen atoms in total. The lowest BCUT2D eigenvalue weighted by Gasteiger charge is -2.15. The van der Waals surface area contributed by atoms with E-state index in [1.54, 1.807) is 38.1 Å². The highest BCUT2D eigenvalue weighted by molar-refractivity contribution is 7.85. The molecular formula is C27H25NO8S. The molecule has 3 aromatic carbocycles. The Morgan fingerprint density at radius 2 is 1.59 bits per heavy atom. The van der Waals surface area contributed by atoms with Gasteiger partial charge in [-0.1, -0.05) is 12.1 Å². The minimum Gasteiger partial charge on any atom is -0.748 e. The molecule has 0 aliphatic rings. The SMILES string of the molecule is Cc1cc(C(=O)O)cc(C)c1OC(=O)c1c2ccccc2[n+](CCCCS(=O)(=O)[O-])c2ccc(O)cc12. The molecule has 1 heterocycles. The van der Waals surface area contributed by atoms with Gasteiger partial charge in [0.15, 0.2) is 0 Å².